The molecule has 0 spiro atoms. The Morgan fingerprint density at radius 1 is 0.810 bits per heavy atom. The minimum atomic E-state index is -0.326. The smallest absolute Gasteiger partial charge is 0.196 e. The van der Waals surface area contributed by atoms with Crippen LogP contribution in [-0.4, -0.2) is 18.0 Å². The number of aromatic hydroxyl groups is 1. The molecule has 1 N–H and O–H groups in total. The molecular formula is C39H30O3. The highest BCUT2D eigenvalue weighted by Crippen LogP contribution is 2.53. The van der Waals surface area contributed by atoms with Gasteiger partial charge in [0.05, 0.1) is 12.7 Å². The van der Waals surface area contributed by atoms with Crippen molar-refractivity contribution < 1.29 is 14.6 Å². The summed E-state index contributed by atoms with van der Waals surface area (Å²) in [6, 6.07) is 33.7. The molecule has 2 unspecified atom stereocenters. The Bertz CT molecular complexity index is 1960. The molecule has 2 atom stereocenters. The van der Waals surface area contributed by atoms with Crippen molar-refractivity contribution in [3.05, 3.63) is 155 Å². The predicted octanol–water partition coefficient (Wildman–Crippen LogP) is 9.01. The molecule has 204 valence electrons. The average Bonchev–Trinajstić information content (AvgIpc) is 3.04. The fourth-order valence-corrected chi connectivity index (χ4v) is 6.60. The first-order chi connectivity index (χ1) is 20.5. The number of hydrogen-bond donors (Lipinski definition) is 1. The van der Waals surface area contributed by atoms with Gasteiger partial charge in [-0.1, -0.05) is 104 Å². The van der Waals surface area contributed by atoms with Crippen LogP contribution >= 0.6 is 0 Å². The maximum atomic E-state index is 13.4. The number of carbonyl (C=O) groups is 1. The molecule has 0 heterocycles. The van der Waals surface area contributed by atoms with Crippen LogP contribution in [0.1, 0.15) is 39.5 Å². The lowest BCUT2D eigenvalue weighted by Gasteiger charge is -2.42. The van der Waals surface area contributed by atoms with Crippen LogP contribution in [0.25, 0.3) is 33.5 Å². The molecule has 0 amide bonds. The minimum absolute atomic E-state index is 0.0142. The fourth-order valence-electron chi connectivity index (χ4n) is 6.60. The van der Waals surface area contributed by atoms with Crippen LogP contribution < -0.4 is 4.74 Å². The van der Waals surface area contributed by atoms with E-state index in [4.69, 9.17) is 4.74 Å². The Morgan fingerprint density at radius 2 is 1.60 bits per heavy atom. The second kappa shape index (κ2) is 10.0. The van der Waals surface area contributed by atoms with Gasteiger partial charge in [0, 0.05) is 16.9 Å². The van der Waals surface area contributed by atoms with E-state index in [1.807, 2.05) is 42.5 Å². The number of methoxy groups -OCH3 is 1. The number of benzene rings is 5. The molecule has 0 fully saturated rings. The zero-order chi connectivity index (χ0) is 28.8. The van der Waals surface area contributed by atoms with E-state index in [0.717, 1.165) is 22.4 Å². The van der Waals surface area contributed by atoms with Gasteiger partial charge in [-0.2, -0.15) is 0 Å². The van der Waals surface area contributed by atoms with Crippen LogP contribution in [0.2, 0.25) is 0 Å². The molecule has 0 saturated heterocycles. The number of phenolic OH excluding ortho intramolecular Hbond substituents is 1. The Balaban J connectivity index is 1.46. The molecule has 0 saturated carbocycles. The summed E-state index contributed by atoms with van der Waals surface area (Å²) in [7, 11) is 1.70. The van der Waals surface area contributed by atoms with Crippen molar-refractivity contribution in [3.8, 4) is 22.6 Å². The van der Waals surface area contributed by atoms with Crippen LogP contribution in [0.5, 0.6) is 11.5 Å². The third-order valence-electron chi connectivity index (χ3n) is 8.80. The first-order valence-corrected chi connectivity index (χ1v) is 14.2. The van der Waals surface area contributed by atoms with E-state index in [2.05, 4.69) is 79.8 Å². The molecule has 0 aromatic heterocycles. The standard InChI is InChI=1S/C39H30O3/c1-39-20-9-8-17-35(39)32(27-18-19-37(40)34(22-27)38(41)25-11-4-3-5-12-25)23-33-30-16-7-6-15-29(30)31(24-36(33)39)26-13-10-14-28(21-26)42-2/h3-24,35,40H,1-2H3. The molecule has 5 aromatic rings. The third-order valence-corrected chi connectivity index (χ3v) is 8.80. The SMILES string of the molecule is COc1cccc(-c2cc3c(c4ccccc24)C=C(c2ccc(O)c(C(=O)c4ccccc4)c2)C2C=CC=CC32C)c1. The summed E-state index contributed by atoms with van der Waals surface area (Å²) in [5.74, 6) is 0.661. The molecule has 2 aliphatic rings. The Hall–Kier alpha value is -5.15. The summed E-state index contributed by atoms with van der Waals surface area (Å²) in [4.78, 5) is 13.4. The van der Waals surface area contributed by atoms with Gasteiger partial charge in [0.25, 0.3) is 0 Å². The quantitative estimate of drug-likeness (QED) is 0.224. The van der Waals surface area contributed by atoms with Crippen LogP contribution in [0.4, 0.5) is 0 Å². The molecular weight excluding hydrogens is 516 g/mol. The maximum absolute atomic E-state index is 13.4. The van der Waals surface area contributed by atoms with Crippen LogP contribution in [0.15, 0.2) is 127 Å². The van der Waals surface area contributed by atoms with E-state index >= 15 is 0 Å². The van der Waals surface area contributed by atoms with E-state index in [0.29, 0.717) is 11.1 Å². The summed E-state index contributed by atoms with van der Waals surface area (Å²) in [5, 5.41) is 13.1. The lowest BCUT2D eigenvalue weighted by atomic mass is 9.60. The number of rotatable bonds is 5. The van der Waals surface area contributed by atoms with E-state index in [1.165, 1.54) is 27.5 Å². The van der Waals surface area contributed by atoms with Crippen molar-refractivity contribution in [2.75, 3.05) is 7.11 Å². The van der Waals surface area contributed by atoms with Crippen molar-refractivity contribution in [2.45, 2.75) is 12.3 Å². The Kier molecular flexibility index (Phi) is 6.17. The van der Waals surface area contributed by atoms with Crippen LogP contribution in [-0.2, 0) is 5.41 Å². The number of phenols is 1. The highest BCUT2D eigenvalue weighted by Gasteiger charge is 2.41. The normalized spacial score (nSPS) is 18.7. The molecule has 2 aliphatic carbocycles. The van der Waals surface area contributed by atoms with Crippen molar-refractivity contribution >= 4 is 28.2 Å². The van der Waals surface area contributed by atoms with E-state index < -0.39 is 0 Å². The molecule has 42 heavy (non-hydrogen) atoms. The first-order valence-electron chi connectivity index (χ1n) is 14.2. The third kappa shape index (κ3) is 4.09. The fraction of sp³-hybridized carbons (Fsp3) is 0.103. The van der Waals surface area contributed by atoms with Crippen molar-refractivity contribution in [3.63, 3.8) is 0 Å². The molecule has 0 aliphatic heterocycles. The van der Waals surface area contributed by atoms with Gasteiger partial charge >= 0.3 is 0 Å². The summed E-state index contributed by atoms with van der Waals surface area (Å²) < 4.78 is 5.56. The van der Waals surface area contributed by atoms with Crippen molar-refractivity contribution in [1.29, 1.82) is 0 Å². The maximum Gasteiger partial charge on any atom is 0.196 e. The van der Waals surface area contributed by atoms with E-state index in [9.17, 15) is 9.90 Å². The average molecular weight is 547 g/mol. The van der Waals surface area contributed by atoms with Crippen molar-refractivity contribution in [2.24, 2.45) is 5.92 Å². The summed E-state index contributed by atoms with van der Waals surface area (Å²) in [6.07, 6.45) is 11.1. The summed E-state index contributed by atoms with van der Waals surface area (Å²) >= 11 is 0. The number of carbonyl (C=O) groups excluding carboxylic acids is 1. The molecule has 7 rings (SSSR count). The van der Waals surface area contributed by atoms with E-state index in [1.54, 1.807) is 25.3 Å². The van der Waals surface area contributed by atoms with Crippen LogP contribution in [0, 0.1) is 5.92 Å². The summed E-state index contributed by atoms with van der Waals surface area (Å²) in [6.45, 7) is 2.30. The van der Waals surface area contributed by atoms with Gasteiger partial charge in [-0.3, -0.25) is 4.79 Å². The number of ether oxygens (including phenoxy) is 1. The molecule has 3 nitrogen and oxygen atoms in total. The monoisotopic (exact) mass is 546 g/mol. The largest absolute Gasteiger partial charge is 0.507 e. The van der Waals surface area contributed by atoms with Gasteiger partial charge in [-0.05, 0) is 80.6 Å². The second-order valence-electron chi connectivity index (χ2n) is 11.2. The van der Waals surface area contributed by atoms with Gasteiger partial charge in [0.15, 0.2) is 5.78 Å². The minimum Gasteiger partial charge on any atom is -0.507 e. The highest BCUT2D eigenvalue weighted by molar-refractivity contribution is 6.12. The van der Waals surface area contributed by atoms with Crippen molar-refractivity contribution in [1.82, 2.24) is 0 Å². The lowest BCUT2D eigenvalue weighted by molar-refractivity contribution is 0.103. The zero-order valence-electron chi connectivity index (χ0n) is 23.5. The highest BCUT2D eigenvalue weighted by atomic mass is 16.5. The number of allylic oxidation sites excluding steroid dienone is 5. The molecule has 0 radical (unpaired) electrons. The van der Waals surface area contributed by atoms with Gasteiger partial charge in [-0.25, -0.2) is 0 Å². The zero-order valence-corrected chi connectivity index (χ0v) is 23.5. The van der Waals surface area contributed by atoms with Gasteiger partial charge in [0.2, 0.25) is 0 Å². The number of hydrogen-bond acceptors (Lipinski definition) is 3. The van der Waals surface area contributed by atoms with Gasteiger partial charge < -0.3 is 9.84 Å². The number of ketones is 1. The van der Waals surface area contributed by atoms with E-state index in [-0.39, 0.29) is 22.9 Å². The Labute approximate surface area is 245 Å². The second-order valence-corrected chi connectivity index (χ2v) is 11.2. The van der Waals surface area contributed by atoms with Gasteiger partial charge in [0.1, 0.15) is 11.5 Å². The lowest BCUT2D eigenvalue weighted by Crippen LogP contribution is -2.34. The van der Waals surface area contributed by atoms with Gasteiger partial charge in [-0.15, -0.1) is 0 Å². The van der Waals surface area contributed by atoms with Crippen LogP contribution in [0.3, 0.4) is 0 Å². The Morgan fingerprint density at radius 3 is 2.40 bits per heavy atom. The predicted molar refractivity (Wildman–Crippen MR) is 171 cm³/mol. The summed E-state index contributed by atoms with van der Waals surface area (Å²) in [5.41, 5.74) is 7.29. The number of fused-ring (bicyclic) bond motifs is 5. The topological polar surface area (TPSA) is 46.5 Å². The molecule has 3 heteroatoms. The first kappa shape index (κ1) is 25.8. The molecule has 5 aromatic carbocycles. The molecule has 0 bridgehead atoms.